The molecule has 0 bridgehead atoms. The predicted molar refractivity (Wildman–Crippen MR) is 57.0 cm³/mol. The van der Waals surface area contributed by atoms with Gasteiger partial charge in [0.25, 0.3) is 0 Å². The molecule has 3 heteroatoms. The molecule has 2 nitrogen and oxygen atoms in total. The third-order valence-corrected chi connectivity index (χ3v) is 4.60. The number of hydrogen-bond donors (Lipinski definition) is 2. The highest BCUT2D eigenvalue weighted by Gasteiger charge is 2.29. The van der Waals surface area contributed by atoms with E-state index in [1.165, 1.54) is 11.5 Å². The van der Waals surface area contributed by atoms with Crippen molar-refractivity contribution < 1.29 is 5.11 Å². The average molecular weight is 201 g/mol. The Morgan fingerprint density at radius 3 is 2.69 bits per heavy atom. The van der Waals surface area contributed by atoms with Crippen molar-refractivity contribution in [3.8, 4) is 0 Å². The van der Waals surface area contributed by atoms with Crippen LogP contribution in [-0.2, 0) is 0 Å². The maximum absolute atomic E-state index is 9.13. The van der Waals surface area contributed by atoms with Gasteiger partial charge in [0.05, 0.1) is 6.10 Å². The lowest BCUT2D eigenvalue weighted by Crippen LogP contribution is -2.42. The molecule has 1 saturated heterocycles. The van der Waals surface area contributed by atoms with Crippen LogP contribution in [0.4, 0.5) is 0 Å². The van der Waals surface area contributed by atoms with Crippen LogP contribution in [0, 0.1) is 11.8 Å². The first-order valence-electron chi connectivity index (χ1n) is 5.25. The predicted octanol–water partition coefficient (Wildman–Crippen LogP) is 1.10. The lowest BCUT2D eigenvalue weighted by atomic mass is 9.82. The summed E-state index contributed by atoms with van der Waals surface area (Å²) in [7, 11) is 0. The van der Waals surface area contributed by atoms with Gasteiger partial charge >= 0.3 is 0 Å². The first-order valence-corrected chi connectivity index (χ1v) is 6.40. The molecule has 13 heavy (non-hydrogen) atoms. The summed E-state index contributed by atoms with van der Waals surface area (Å²) in [4.78, 5) is 0. The van der Waals surface area contributed by atoms with Crippen molar-refractivity contribution in [1.29, 1.82) is 0 Å². The molecule has 2 unspecified atom stereocenters. The fourth-order valence-corrected chi connectivity index (χ4v) is 3.55. The van der Waals surface area contributed by atoms with Crippen LogP contribution in [0.2, 0.25) is 0 Å². The zero-order valence-electron chi connectivity index (χ0n) is 8.20. The third-order valence-electron chi connectivity index (χ3n) is 3.24. The molecule has 1 heterocycles. The van der Waals surface area contributed by atoms with E-state index in [1.54, 1.807) is 0 Å². The van der Waals surface area contributed by atoms with Crippen molar-refractivity contribution in [3.63, 3.8) is 0 Å². The van der Waals surface area contributed by atoms with E-state index in [4.69, 9.17) is 5.11 Å². The minimum absolute atomic E-state index is 0.00202. The molecule has 0 aromatic rings. The molecule has 0 amide bonds. The second kappa shape index (κ2) is 4.20. The van der Waals surface area contributed by atoms with Gasteiger partial charge < -0.3 is 10.4 Å². The first kappa shape index (κ1) is 9.81. The Kier molecular flexibility index (Phi) is 3.17. The van der Waals surface area contributed by atoms with Crippen molar-refractivity contribution in [2.24, 2.45) is 11.8 Å². The fourth-order valence-electron chi connectivity index (χ4n) is 2.11. The van der Waals surface area contributed by atoms with E-state index in [2.05, 4.69) is 24.0 Å². The van der Waals surface area contributed by atoms with Crippen molar-refractivity contribution in [3.05, 3.63) is 0 Å². The van der Waals surface area contributed by atoms with Gasteiger partial charge in [-0.3, -0.25) is 0 Å². The highest BCUT2D eigenvalue weighted by Crippen LogP contribution is 2.28. The lowest BCUT2D eigenvalue weighted by molar-refractivity contribution is 0.0416. The van der Waals surface area contributed by atoms with Gasteiger partial charge in [0.1, 0.15) is 0 Å². The second-order valence-corrected chi connectivity index (χ2v) is 5.60. The van der Waals surface area contributed by atoms with E-state index in [1.807, 2.05) is 0 Å². The van der Waals surface area contributed by atoms with E-state index < -0.39 is 0 Å². The molecule has 2 fully saturated rings. The Hall–Kier alpha value is 0.270. The summed E-state index contributed by atoms with van der Waals surface area (Å²) in [6, 6.07) is 0.725. The molecule has 76 valence electrons. The summed E-state index contributed by atoms with van der Waals surface area (Å²) in [5, 5.41) is 12.8. The summed E-state index contributed by atoms with van der Waals surface area (Å²) >= 11 is 2.06. The topological polar surface area (TPSA) is 32.3 Å². The Morgan fingerprint density at radius 1 is 1.38 bits per heavy atom. The summed E-state index contributed by atoms with van der Waals surface area (Å²) in [5.74, 6) is 4.16. The molecule has 1 aliphatic carbocycles. The molecule has 0 aromatic heterocycles. The van der Waals surface area contributed by atoms with E-state index in [9.17, 15) is 0 Å². The summed E-state index contributed by atoms with van der Waals surface area (Å²) in [6.07, 6.45) is 2.03. The quantitative estimate of drug-likeness (QED) is 0.717. The molecule has 0 spiro atoms. The minimum Gasteiger partial charge on any atom is -0.393 e. The molecule has 2 rings (SSSR count). The number of nitrogens with one attached hydrogen (secondary N) is 1. The number of aliphatic hydroxyl groups is 1. The zero-order chi connectivity index (χ0) is 9.26. The zero-order valence-corrected chi connectivity index (χ0v) is 9.02. The standard InChI is InChI=1S/C10H19NOS/c1-7-5-13-6-10(7)11-4-8-2-9(12)3-8/h7-12H,2-6H2,1H3. The number of thioether (sulfide) groups is 1. The Balaban J connectivity index is 1.62. The number of hydrogen-bond acceptors (Lipinski definition) is 3. The van der Waals surface area contributed by atoms with Crippen molar-refractivity contribution in [2.45, 2.75) is 31.9 Å². The monoisotopic (exact) mass is 201 g/mol. The first-order chi connectivity index (χ1) is 6.25. The molecule has 1 aliphatic heterocycles. The van der Waals surface area contributed by atoms with Gasteiger partial charge in [-0.25, -0.2) is 0 Å². The highest BCUT2D eigenvalue weighted by atomic mass is 32.2. The van der Waals surface area contributed by atoms with Crippen LogP contribution in [0.5, 0.6) is 0 Å². The summed E-state index contributed by atoms with van der Waals surface area (Å²) in [5.41, 5.74) is 0. The smallest absolute Gasteiger partial charge is 0.0546 e. The molecular weight excluding hydrogens is 182 g/mol. The van der Waals surface area contributed by atoms with Crippen molar-refractivity contribution in [2.75, 3.05) is 18.1 Å². The molecule has 0 radical (unpaired) electrons. The van der Waals surface area contributed by atoms with Gasteiger partial charge in [0.15, 0.2) is 0 Å². The van der Waals surface area contributed by atoms with Gasteiger partial charge in [-0.15, -0.1) is 0 Å². The fraction of sp³-hybridized carbons (Fsp3) is 1.00. The van der Waals surface area contributed by atoms with Crippen molar-refractivity contribution >= 4 is 11.8 Å². The Bertz CT molecular complexity index is 170. The lowest BCUT2D eigenvalue weighted by Gasteiger charge is -2.32. The van der Waals surface area contributed by atoms with Gasteiger partial charge in [0.2, 0.25) is 0 Å². The maximum Gasteiger partial charge on any atom is 0.0546 e. The van der Waals surface area contributed by atoms with E-state index in [0.29, 0.717) is 0 Å². The molecule has 2 aliphatic rings. The van der Waals surface area contributed by atoms with Gasteiger partial charge in [0, 0.05) is 11.8 Å². The molecular formula is C10H19NOS. The minimum atomic E-state index is 0.00202. The van der Waals surface area contributed by atoms with Gasteiger partial charge in [-0.1, -0.05) is 6.92 Å². The van der Waals surface area contributed by atoms with Gasteiger partial charge in [-0.05, 0) is 37.0 Å². The van der Waals surface area contributed by atoms with Crippen LogP contribution in [0.15, 0.2) is 0 Å². The van der Waals surface area contributed by atoms with E-state index in [0.717, 1.165) is 37.3 Å². The largest absolute Gasteiger partial charge is 0.393 e. The normalized spacial score (nSPS) is 44.8. The molecule has 1 saturated carbocycles. The maximum atomic E-state index is 9.13. The summed E-state index contributed by atoms with van der Waals surface area (Å²) < 4.78 is 0. The summed E-state index contributed by atoms with van der Waals surface area (Å²) in [6.45, 7) is 3.44. The number of rotatable bonds is 3. The average Bonchev–Trinajstić information content (AvgIpc) is 2.43. The Labute approximate surface area is 84.5 Å². The number of aliphatic hydroxyl groups excluding tert-OH is 1. The van der Waals surface area contributed by atoms with Crippen LogP contribution < -0.4 is 5.32 Å². The van der Waals surface area contributed by atoms with E-state index >= 15 is 0 Å². The van der Waals surface area contributed by atoms with Crippen LogP contribution in [0.25, 0.3) is 0 Å². The van der Waals surface area contributed by atoms with E-state index in [-0.39, 0.29) is 6.10 Å². The molecule has 2 atom stereocenters. The van der Waals surface area contributed by atoms with Crippen LogP contribution in [0.1, 0.15) is 19.8 Å². The molecule has 2 N–H and O–H groups in total. The van der Waals surface area contributed by atoms with Crippen LogP contribution in [-0.4, -0.2) is 35.3 Å². The van der Waals surface area contributed by atoms with Crippen molar-refractivity contribution in [1.82, 2.24) is 5.32 Å². The van der Waals surface area contributed by atoms with Crippen LogP contribution in [0.3, 0.4) is 0 Å². The van der Waals surface area contributed by atoms with Crippen LogP contribution >= 0.6 is 11.8 Å². The second-order valence-electron chi connectivity index (χ2n) is 4.52. The SMILES string of the molecule is CC1CSCC1NCC1CC(O)C1. The van der Waals surface area contributed by atoms with Gasteiger partial charge in [-0.2, -0.15) is 11.8 Å². The Morgan fingerprint density at radius 2 is 2.15 bits per heavy atom. The molecule has 0 aromatic carbocycles. The highest BCUT2D eigenvalue weighted by molar-refractivity contribution is 7.99. The third kappa shape index (κ3) is 2.39.